The molecule has 6 heteroatoms. The van der Waals surface area contributed by atoms with Crippen molar-refractivity contribution >= 4 is 9.84 Å². The molecule has 0 atom stereocenters. The molecule has 2 N–H and O–H groups in total. The van der Waals surface area contributed by atoms with E-state index in [0.717, 1.165) is 5.56 Å². The van der Waals surface area contributed by atoms with Crippen LogP contribution in [0.15, 0.2) is 18.2 Å². The molecule has 2 rings (SSSR count). The topological polar surface area (TPSA) is 63.4 Å². The lowest BCUT2D eigenvalue weighted by atomic mass is 10.1. The molecule has 0 radical (unpaired) electrons. The number of nitrogens with two attached hydrogens (primary N) is 1. The van der Waals surface area contributed by atoms with E-state index in [1.807, 2.05) is 11.0 Å². The van der Waals surface area contributed by atoms with Crippen LogP contribution in [0.4, 0.5) is 4.39 Å². The van der Waals surface area contributed by atoms with E-state index >= 15 is 0 Å². The fourth-order valence-corrected chi connectivity index (χ4v) is 3.41. The Bertz CT molecular complexity index is 633. The molecule has 0 aromatic heterocycles. The van der Waals surface area contributed by atoms with Crippen molar-refractivity contribution in [1.29, 1.82) is 0 Å². The monoisotopic (exact) mass is 296 g/mol. The van der Waals surface area contributed by atoms with Crippen molar-refractivity contribution < 1.29 is 12.8 Å². The van der Waals surface area contributed by atoms with Gasteiger partial charge in [0.1, 0.15) is 5.82 Å². The molecule has 0 amide bonds. The van der Waals surface area contributed by atoms with Gasteiger partial charge in [-0.3, -0.25) is 4.90 Å². The van der Waals surface area contributed by atoms with Crippen LogP contribution in [0.5, 0.6) is 0 Å². The van der Waals surface area contributed by atoms with Crippen molar-refractivity contribution in [2.24, 2.45) is 5.73 Å². The van der Waals surface area contributed by atoms with Crippen molar-refractivity contribution in [3.05, 3.63) is 35.1 Å². The first kappa shape index (κ1) is 15.0. The summed E-state index contributed by atoms with van der Waals surface area (Å²) in [4.78, 5) is 2.01. The third-order valence-electron chi connectivity index (χ3n) is 3.14. The number of hydrogen-bond donors (Lipinski definition) is 1. The van der Waals surface area contributed by atoms with E-state index in [0.29, 0.717) is 25.2 Å². The fraction of sp³-hybridized carbons (Fsp3) is 0.429. The highest BCUT2D eigenvalue weighted by Crippen LogP contribution is 2.13. The first-order chi connectivity index (χ1) is 9.48. The molecule has 1 aliphatic heterocycles. The van der Waals surface area contributed by atoms with Gasteiger partial charge in [0.2, 0.25) is 0 Å². The molecule has 20 heavy (non-hydrogen) atoms. The van der Waals surface area contributed by atoms with E-state index in [4.69, 9.17) is 5.73 Å². The Morgan fingerprint density at radius 3 is 2.60 bits per heavy atom. The highest BCUT2D eigenvalue weighted by atomic mass is 32.2. The van der Waals surface area contributed by atoms with Gasteiger partial charge in [-0.15, -0.1) is 0 Å². The van der Waals surface area contributed by atoms with Gasteiger partial charge >= 0.3 is 0 Å². The van der Waals surface area contributed by atoms with Crippen LogP contribution in [-0.4, -0.2) is 44.5 Å². The second kappa shape index (κ2) is 6.35. The van der Waals surface area contributed by atoms with Crippen LogP contribution >= 0.6 is 0 Å². The van der Waals surface area contributed by atoms with Gasteiger partial charge in [-0.25, -0.2) is 12.8 Å². The van der Waals surface area contributed by atoms with E-state index < -0.39 is 9.84 Å². The lowest BCUT2D eigenvalue weighted by Crippen LogP contribution is -2.39. The van der Waals surface area contributed by atoms with Gasteiger partial charge in [0.25, 0.3) is 0 Å². The Morgan fingerprint density at radius 1 is 1.25 bits per heavy atom. The maximum Gasteiger partial charge on any atom is 0.152 e. The van der Waals surface area contributed by atoms with Crippen molar-refractivity contribution in [1.82, 2.24) is 4.90 Å². The lowest BCUT2D eigenvalue weighted by molar-refractivity contribution is 0.287. The number of sulfone groups is 1. The smallest absolute Gasteiger partial charge is 0.152 e. The standard InChI is InChI=1S/C14H17FN2O2S/c15-14-9-12(2-1-3-16)8-13(10-14)11-17-4-6-20(18,19)7-5-17/h8-10H,3-7,11,16H2. The molecule has 1 aromatic rings. The molecule has 1 heterocycles. The summed E-state index contributed by atoms with van der Waals surface area (Å²) in [6.07, 6.45) is 0. The van der Waals surface area contributed by atoms with E-state index in [1.165, 1.54) is 12.1 Å². The number of benzene rings is 1. The third kappa shape index (κ3) is 4.30. The van der Waals surface area contributed by atoms with Crippen LogP contribution < -0.4 is 5.73 Å². The minimum absolute atomic E-state index is 0.169. The summed E-state index contributed by atoms with van der Waals surface area (Å²) in [6.45, 7) is 1.74. The summed E-state index contributed by atoms with van der Waals surface area (Å²) in [5.41, 5.74) is 6.68. The predicted molar refractivity (Wildman–Crippen MR) is 76.3 cm³/mol. The van der Waals surface area contributed by atoms with E-state index in [-0.39, 0.29) is 23.9 Å². The van der Waals surface area contributed by atoms with Gasteiger partial charge in [-0.05, 0) is 23.8 Å². The summed E-state index contributed by atoms with van der Waals surface area (Å²) in [5.74, 6) is 5.50. The van der Waals surface area contributed by atoms with E-state index in [2.05, 4.69) is 11.8 Å². The zero-order valence-electron chi connectivity index (χ0n) is 11.1. The van der Waals surface area contributed by atoms with Crippen LogP contribution in [-0.2, 0) is 16.4 Å². The van der Waals surface area contributed by atoms with E-state index in [1.54, 1.807) is 0 Å². The van der Waals surface area contributed by atoms with Gasteiger partial charge < -0.3 is 5.73 Å². The molecule has 4 nitrogen and oxygen atoms in total. The SMILES string of the molecule is NCC#Cc1cc(F)cc(CN2CCS(=O)(=O)CC2)c1. The van der Waals surface area contributed by atoms with E-state index in [9.17, 15) is 12.8 Å². The molecule has 0 spiro atoms. The largest absolute Gasteiger partial charge is 0.320 e. The van der Waals surface area contributed by atoms with Crippen molar-refractivity contribution in [2.75, 3.05) is 31.1 Å². The second-order valence-corrected chi connectivity index (χ2v) is 7.09. The molecule has 1 saturated heterocycles. The van der Waals surface area contributed by atoms with Gasteiger partial charge in [-0.1, -0.05) is 11.8 Å². The summed E-state index contributed by atoms with van der Waals surface area (Å²) in [6, 6.07) is 4.64. The lowest BCUT2D eigenvalue weighted by Gasteiger charge is -2.26. The average Bonchev–Trinajstić information content (AvgIpc) is 2.38. The summed E-state index contributed by atoms with van der Waals surface area (Å²) in [7, 11) is -2.89. The Hall–Kier alpha value is -1.42. The molecular weight excluding hydrogens is 279 g/mol. The van der Waals surface area contributed by atoms with Gasteiger partial charge in [0, 0.05) is 25.2 Å². The maximum atomic E-state index is 13.5. The molecular formula is C14H17FN2O2S. The predicted octanol–water partition coefficient (Wildman–Crippen LogP) is 0.366. The van der Waals surface area contributed by atoms with Crippen molar-refractivity contribution in [3.63, 3.8) is 0 Å². The zero-order chi connectivity index (χ0) is 14.6. The fourth-order valence-electron chi connectivity index (χ4n) is 2.13. The average molecular weight is 296 g/mol. The van der Waals surface area contributed by atoms with Crippen LogP contribution in [0.3, 0.4) is 0 Å². The number of rotatable bonds is 2. The zero-order valence-corrected chi connectivity index (χ0v) is 11.9. The van der Waals surface area contributed by atoms with Crippen LogP contribution in [0.1, 0.15) is 11.1 Å². The van der Waals surface area contributed by atoms with Crippen LogP contribution in [0.25, 0.3) is 0 Å². The number of nitrogens with zero attached hydrogens (tertiary/aromatic N) is 1. The molecule has 108 valence electrons. The summed E-state index contributed by atoms with van der Waals surface area (Å²) < 4.78 is 36.2. The van der Waals surface area contributed by atoms with Crippen LogP contribution in [0, 0.1) is 17.7 Å². The molecule has 1 aromatic carbocycles. The number of halogens is 1. The highest BCUT2D eigenvalue weighted by molar-refractivity contribution is 7.91. The minimum Gasteiger partial charge on any atom is -0.320 e. The van der Waals surface area contributed by atoms with Crippen molar-refractivity contribution in [3.8, 4) is 11.8 Å². The van der Waals surface area contributed by atoms with Crippen molar-refractivity contribution in [2.45, 2.75) is 6.54 Å². The Balaban J connectivity index is 2.08. The molecule has 0 unspecified atom stereocenters. The molecule has 0 saturated carbocycles. The second-order valence-electron chi connectivity index (χ2n) is 4.78. The Morgan fingerprint density at radius 2 is 1.95 bits per heavy atom. The highest BCUT2D eigenvalue weighted by Gasteiger charge is 2.21. The maximum absolute atomic E-state index is 13.5. The third-order valence-corrected chi connectivity index (χ3v) is 4.74. The van der Waals surface area contributed by atoms with Gasteiger partial charge in [0.15, 0.2) is 9.84 Å². The molecule has 1 aliphatic rings. The Labute approximate surface area is 118 Å². The normalized spacial score (nSPS) is 18.3. The molecule has 0 aliphatic carbocycles. The summed E-state index contributed by atoms with van der Waals surface area (Å²) >= 11 is 0. The Kier molecular flexibility index (Phi) is 4.76. The quantitative estimate of drug-likeness (QED) is 0.801. The van der Waals surface area contributed by atoms with Gasteiger partial charge in [0.05, 0.1) is 18.1 Å². The van der Waals surface area contributed by atoms with Gasteiger partial charge in [-0.2, -0.15) is 0 Å². The molecule has 0 bridgehead atoms. The minimum atomic E-state index is -2.89. The first-order valence-corrected chi connectivity index (χ1v) is 8.22. The number of hydrogen-bond acceptors (Lipinski definition) is 4. The summed E-state index contributed by atoms with van der Waals surface area (Å²) in [5, 5.41) is 0. The first-order valence-electron chi connectivity index (χ1n) is 6.40. The van der Waals surface area contributed by atoms with Crippen LogP contribution in [0.2, 0.25) is 0 Å². The molecule has 1 fully saturated rings.